The molecule has 2 heterocycles. The zero-order chi connectivity index (χ0) is 24.1. The van der Waals surface area contributed by atoms with Gasteiger partial charge in [0.25, 0.3) is 5.91 Å². The molecular formula is C23H27Cl2N5O3S. The first kappa shape index (κ1) is 24.9. The van der Waals surface area contributed by atoms with Crippen molar-refractivity contribution in [1.82, 2.24) is 20.1 Å². The molecule has 11 heteroatoms. The van der Waals surface area contributed by atoms with Gasteiger partial charge < -0.3 is 20.4 Å². The van der Waals surface area contributed by atoms with Crippen molar-refractivity contribution < 1.29 is 14.4 Å². The lowest BCUT2D eigenvalue weighted by Gasteiger charge is -2.22. The molecule has 2 fully saturated rings. The molecule has 1 aromatic heterocycles. The third kappa shape index (κ3) is 6.91. The minimum atomic E-state index is -0.337. The van der Waals surface area contributed by atoms with Crippen LogP contribution in [0.1, 0.15) is 41.7 Å². The van der Waals surface area contributed by atoms with Crippen molar-refractivity contribution in [2.45, 2.75) is 38.1 Å². The number of hydrogen-bond donors (Lipinski definition) is 2. The molecule has 1 aliphatic heterocycles. The van der Waals surface area contributed by atoms with Gasteiger partial charge in [0.05, 0.1) is 22.2 Å². The first-order valence-corrected chi connectivity index (χ1v) is 13.0. The summed E-state index contributed by atoms with van der Waals surface area (Å²) in [7, 11) is 0. The predicted octanol–water partition coefficient (Wildman–Crippen LogP) is 3.45. The van der Waals surface area contributed by atoms with Gasteiger partial charge in [-0.1, -0.05) is 23.2 Å². The number of carbonyl (C=O) groups is 3. The van der Waals surface area contributed by atoms with Crippen molar-refractivity contribution in [3.63, 3.8) is 0 Å². The Balaban J connectivity index is 1.26. The maximum absolute atomic E-state index is 13.0. The van der Waals surface area contributed by atoms with Gasteiger partial charge in [-0.05, 0) is 57.0 Å². The average molecular weight is 524 g/mol. The summed E-state index contributed by atoms with van der Waals surface area (Å²) in [5.41, 5.74) is 0.992. The lowest BCUT2D eigenvalue weighted by molar-refractivity contribution is -0.120. The summed E-state index contributed by atoms with van der Waals surface area (Å²) >= 11 is 13.2. The Hall–Kier alpha value is -2.20. The second-order valence-corrected chi connectivity index (χ2v) is 10.2. The summed E-state index contributed by atoms with van der Waals surface area (Å²) in [6.07, 6.45) is 4.33. The molecule has 0 unspecified atom stereocenters. The van der Waals surface area contributed by atoms with Crippen LogP contribution >= 0.6 is 34.5 Å². The summed E-state index contributed by atoms with van der Waals surface area (Å²) in [4.78, 5) is 46.0. The summed E-state index contributed by atoms with van der Waals surface area (Å²) in [6.45, 7) is 3.60. The highest BCUT2D eigenvalue weighted by Gasteiger charge is 2.34. The lowest BCUT2D eigenvalue weighted by Crippen LogP contribution is -2.39. The van der Waals surface area contributed by atoms with Crippen LogP contribution in [0, 0.1) is 0 Å². The van der Waals surface area contributed by atoms with Gasteiger partial charge in [0, 0.05) is 30.1 Å². The molecular weight excluding hydrogens is 497 g/mol. The van der Waals surface area contributed by atoms with E-state index in [1.807, 2.05) is 0 Å². The first-order valence-electron chi connectivity index (χ1n) is 11.4. The number of rotatable bonds is 10. The van der Waals surface area contributed by atoms with E-state index in [2.05, 4.69) is 20.5 Å². The van der Waals surface area contributed by atoms with E-state index >= 15 is 0 Å². The van der Waals surface area contributed by atoms with E-state index in [-0.39, 0.29) is 36.7 Å². The smallest absolute Gasteiger partial charge is 0.254 e. The van der Waals surface area contributed by atoms with E-state index in [0.717, 1.165) is 32.5 Å². The Kier molecular flexibility index (Phi) is 8.41. The van der Waals surface area contributed by atoms with E-state index in [4.69, 9.17) is 23.2 Å². The summed E-state index contributed by atoms with van der Waals surface area (Å²) in [5, 5.41) is 8.50. The van der Waals surface area contributed by atoms with E-state index in [1.165, 1.54) is 30.2 Å². The molecule has 0 radical (unpaired) electrons. The van der Waals surface area contributed by atoms with Gasteiger partial charge >= 0.3 is 0 Å². The third-order valence-corrected chi connectivity index (χ3v) is 7.36. The molecule has 0 bridgehead atoms. The highest BCUT2D eigenvalue weighted by atomic mass is 35.5. The van der Waals surface area contributed by atoms with Crippen molar-refractivity contribution in [2.75, 3.05) is 38.0 Å². The van der Waals surface area contributed by atoms with Crippen molar-refractivity contribution in [1.29, 1.82) is 0 Å². The van der Waals surface area contributed by atoms with Crippen LogP contribution in [0.25, 0.3) is 0 Å². The van der Waals surface area contributed by atoms with Gasteiger partial charge in [-0.25, -0.2) is 4.98 Å². The van der Waals surface area contributed by atoms with Crippen LogP contribution < -0.4 is 10.6 Å². The van der Waals surface area contributed by atoms with Crippen LogP contribution in [0.5, 0.6) is 0 Å². The fraction of sp³-hybridized carbons (Fsp3) is 0.478. The lowest BCUT2D eigenvalue weighted by atomic mass is 10.2. The standard InChI is InChI=1S/C23H27Cl2N5O3S/c24-18-6-3-15(11-19(18)25)22(33)30(17-4-5-17)13-21(32)28-23-27-16(14-34-23)12-20(31)26-7-10-29-8-1-2-9-29/h3,6,11,14,17H,1-2,4-5,7-10,12-13H2,(H,26,31)(H,27,28,32). The number of halogens is 2. The van der Waals surface area contributed by atoms with Crippen molar-refractivity contribution in [2.24, 2.45) is 0 Å². The van der Waals surface area contributed by atoms with Gasteiger partial charge in [-0.3, -0.25) is 14.4 Å². The maximum Gasteiger partial charge on any atom is 0.254 e. The van der Waals surface area contributed by atoms with Crippen molar-refractivity contribution >= 4 is 57.4 Å². The monoisotopic (exact) mass is 523 g/mol. The molecule has 8 nitrogen and oxygen atoms in total. The highest BCUT2D eigenvalue weighted by Crippen LogP contribution is 2.30. The number of amides is 3. The van der Waals surface area contributed by atoms with Gasteiger partial charge in [0.15, 0.2) is 5.13 Å². The number of thiazole rings is 1. The molecule has 34 heavy (non-hydrogen) atoms. The number of hydrogen-bond acceptors (Lipinski definition) is 6. The van der Waals surface area contributed by atoms with E-state index in [0.29, 0.717) is 33.0 Å². The Morgan fingerprint density at radius 3 is 2.59 bits per heavy atom. The Labute approximate surface area is 212 Å². The number of anilines is 1. The molecule has 2 N–H and O–H groups in total. The van der Waals surface area contributed by atoms with E-state index in [1.54, 1.807) is 22.4 Å². The molecule has 1 aliphatic carbocycles. The van der Waals surface area contributed by atoms with Gasteiger partial charge in [0.1, 0.15) is 6.54 Å². The van der Waals surface area contributed by atoms with Crippen LogP contribution in [-0.2, 0) is 16.0 Å². The van der Waals surface area contributed by atoms with Crippen LogP contribution in [0.4, 0.5) is 5.13 Å². The van der Waals surface area contributed by atoms with Crippen molar-refractivity contribution in [3.8, 4) is 0 Å². The largest absolute Gasteiger partial charge is 0.354 e. The molecule has 1 saturated heterocycles. The SMILES string of the molecule is O=C(Cc1csc(NC(=O)CN(C(=O)c2ccc(Cl)c(Cl)c2)C2CC2)n1)NCCN1CCCC1. The van der Waals surface area contributed by atoms with Gasteiger partial charge in [0.2, 0.25) is 11.8 Å². The predicted molar refractivity (Wildman–Crippen MR) is 134 cm³/mol. The quantitative estimate of drug-likeness (QED) is 0.497. The van der Waals surface area contributed by atoms with Crippen molar-refractivity contribution in [3.05, 3.63) is 44.9 Å². The van der Waals surface area contributed by atoms with Gasteiger partial charge in [-0.2, -0.15) is 0 Å². The minimum absolute atomic E-state index is 0.0313. The molecule has 2 aliphatic rings. The average Bonchev–Trinajstić information content (AvgIpc) is 3.34. The van der Waals surface area contributed by atoms with Crippen LogP contribution in [0.3, 0.4) is 0 Å². The molecule has 0 spiro atoms. The topological polar surface area (TPSA) is 94.6 Å². The molecule has 0 atom stereocenters. The van der Waals surface area contributed by atoms with E-state index in [9.17, 15) is 14.4 Å². The number of aromatic nitrogens is 1. The summed E-state index contributed by atoms with van der Waals surface area (Å²) < 4.78 is 0. The zero-order valence-corrected chi connectivity index (χ0v) is 21.0. The zero-order valence-electron chi connectivity index (χ0n) is 18.7. The van der Waals surface area contributed by atoms with E-state index < -0.39 is 0 Å². The van der Waals surface area contributed by atoms with Crippen LogP contribution in [-0.4, -0.2) is 71.3 Å². The van der Waals surface area contributed by atoms with Gasteiger partial charge in [-0.15, -0.1) is 11.3 Å². The molecule has 2 aromatic rings. The number of carbonyl (C=O) groups excluding carboxylic acids is 3. The molecule has 3 amide bonds. The number of likely N-dealkylation sites (tertiary alicyclic amines) is 1. The molecule has 4 rings (SSSR count). The number of benzene rings is 1. The second-order valence-electron chi connectivity index (χ2n) is 8.56. The molecule has 182 valence electrons. The summed E-state index contributed by atoms with van der Waals surface area (Å²) in [6, 6.07) is 4.72. The fourth-order valence-corrected chi connectivity index (χ4v) is 4.92. The third-order valence-electron chi connectivity index (χ3n) is 5.82. The fourth-order valence-electron chi connectivity index (χ4n) is 3.89. The minimum Gasteiger partial charge on any atom is -0.354 e. The Morgan fingerprint density at radius 2 is 1.88 bits per heavy atom. The molecule has 1 saturated carbocycles. The Morgan fingerprint density at radius 1 is 1.12 bits per heavy atom. The van der Waals surface area contributed by atoms with Crippen LogP contribution in [0.2, 0.25) is 10.0 Å². The Bertz CT molecular complexity index is 1050. The van der Waals surface area contributed by atoms with Crippen LogP contribution in [0.15, 0.2) is 23.6 Å². The summed E-state index contributed by atoms with van der Waals surface area (Å²) in [5.74, 6) is -0.688. The second kappa shape index (κ2) is 11.5. The maximum atomic E-state index is 13.0. The number of nitrogens with zero attached hydrogens (tertiary/aromatic N) is 3. The molecule has 1 aromatic carbocycles. The highest BCUT2D eigenvalue weighted by molar-refractivity contribution is 7.13. The first-order chi connectivity index (χ1) is 16.4. The normalized spacial score (nSPS) is 15.8. The number of nitrogens with one attached hydrogen (secondary N) is 2.